The van der Waals surface area contributed by atoms with Gasteiger partial charge in [-0.2, -0.15) is 9.61 Å². The highest BCUT2D eigenvalue weighted by Crippen LogP contribution is 2.23. The number of aryl methyl sites for hydroxylation is 2. The van der Waals surface area contributed by atoms with Crippen molar-refractivity contribution in [1.29, 1.82) is 0 Å². The Bertz CT molecular complexity index is 1070. The minimum Gasteiger partial charge on any atom is -0.274 e. The summed E-state index contributed by atoms with van der Waals surface area (Å²) in [7, 11) is 0. The normalized spacial score (nSPS) is 13.6. The van der Waals surface area contributed by atoms with E-state index in [4.69, 9.17) is 0 Å². The Morgan fingerprint density at radius 2 is 1.67 bits per heavy atom. The lowest BCUT2D eigenvalue weighted by Crippen LogP contribution is -2.30. The third-order valence-corrected chi connectivity index (χ3v) is 5.50. The number of carbonyl (C=O) groups is 2. The third kappa shape index (κ3) is 3.14. The molecule has 1 aliphatic rings. The number of imide groups is 1. The van der Waals surface area contributed by atoms with Gasteiger partial charge < -0.3 is 0 Å². The molecule has 1 aromatic carbocycles. The van der Waals surface area contributed by atoms with Crippen molar-refractivity contribution < 1.29 is 9.59 Å². The molecule has 0 spiro atoms. The van der Waals surface area contributed by atoms with Gasteiger partial charge in [-0.15, -0.1) is 10.2 Å². The van der Waals surface area contributed by atoms with Crippen LogP contribution in [0, 0.1) is 6.92 Å². The van der Waals surface area contributed by atoms with Gasteiger partial charge in [0.25, 0.3) is 17.4 Å². The van der Waals surface area contributed by atoms with Crippen molar-refractivity contribution in [3.63, 3.8) is 0 Å². The van der Waals surface area contributed by atoms with Gasteiger partial charge in [0, 0.05) is 13.0 Å². The number of aromatic nitrogens is 4. The molecular weight excluding hydrogens is 366 g/mol. The molecule has 0 N–H and O–H groups in total. The molecule has 0 radical (unpaired) electrons. The predicted octanol–water partition coefficient (Wildman–Crippen LogP) is 1.86. The van der Waals surface area contributed by atoms with Gasteiger partial charge in [-0.25, -0.2) is 0 Å². The van der Waals surface area contributed by atoms with Crippen molar-refractivity contribution in [3.8, 4) is 0 Å². The molecule has 4 rings (SSSR count). The number of nitrogens with zero attached hydrogens (tertiary/aromatic N) is 5. The third-order valence-electron chi connectivity index (χ3n) is 4.54. The number of carbonyl (C=O) groups excluding carboxylic acids is 2. The molecule has 2 amide bonds. The maximum Gasteiger partial charge on any atom is 0.296 e. The summed E-state index contributed by atoms with van der Waals surface area (Å²) >= 11 is 1.36. The molecule has 0 atom stereocenters. The molecule has 0 saturated carbocycles. The molecule has 0 fully saturated rings. The van der Waals surface area contributed by atoms with Gasteiger partial charge in [0.2, 0.25) is 4.96 Å². The van der Waals surface area contributed by atoms with Crippen LogP contribution in [0.5, 0.6) is 0 Å². The number of hydrogen-bond acceptors (Lipinski definition) is 7. The van der Waals surface area contributed by atoms with Crippen LogP contribution in [0.2, 0.25) is 0 Å². The monoisotopic (exact) mass is 383 g/mol. The number of unbranched alkanes of at least 4 members (excludes halogenated alkanes) is 2. The lowest BCUT2D eigenvalue weighted by molar-refractivity contribution is 0.0651. The molecule has 9 heteroatoms. The summed E-state index contributed by atoms with van der Waals surface area (Å²) in [6.45, 7) is 2.02. The molecule has 27 heavy (non-hydrogen) atoms. The largest absolute Gasteiger partial charge is 0.296 e. The minimum absolute atomic E-state index is 0.213. The second-order valence-corrected chi connectivity index (χ2v) is 7.44. The van der Waals surface area contributed by atoms with Crippen molar-refractivity contribution in [3.05, 3.63) is 56.4 Å². The van der Waals surface area contributed by atoms with Crippen molar-refractivity contribution in [2.75, 3.05) is 6.54 Å². The summed E-state index contributed by atoms with van der Waals surface area (Å²) in [4.78, 5) is 38.4. The first-order chi connectivity index (χ1) is 13.1. The zero-order valence-corrected chi connectivity index (χ0v) is 15.5. The lowest BCUT2D eigenvalue weighted by Gasteiger charge is -2.13. The highest BCUT2D eigenvalue weighted by molar-refractivity contribution is 7.16. The van der Waals surface area contributed by atoms with Crippen molar-refractivity contribution in [2.45, 2.75) is 32.6 Å². The Kier molecular flexibility index (Phi) is 4.53. The van der Waals surface area contributed by atoms with Crippen LogP contribution in [0.25, 0.3) is 4.96 Å². The first-order valence-electron chi connectivity index (χ1n) is 8.73. The van der Waals surface area contributed by atoms with Gasteiger partial charge >= 0.3 is 0 Å². The SMILES string of the molecule is Cc1nnc2sc(CCCCCN3C(=O)c4ccccc4C3=O)nn2c1=O. The van der Waals surface area contributed by atoms with Gasteiger partial charge in [0.1, 0.15) is 10.7 Å². The maximum atomic E-state index is 12.3. The standard InChI is InChI=1S/C18H17N5O3S/c1-11-15(24)23-18(20-19-11)27-14(21-23)9-3-2-6-10-22-16(25)12-7-4-5-8-13(12)17(22)26/h4-5,7-8H,2-3,6,9-10H2,1H3. The van der Waals surface area contributed by atoms with E-state index in [1.807, 2.05) is 0 Å². The van der Waals surface area contributed by atoms with Gasteiger partial charge in [0.05, 0.1) is 11.1 Å². The summed E-state index contributed by atoms with van der Waals surface area (Å²) in [5.41, 5.74) is 1.05. The number of fused-ring (bicyclic) bond motifs is 2. The number of rotatable bonds is 6. The van der Waals surface area contributed by atoms with Crippen molar-refractivity contribution >= 4 is 28.1 Å². The highest BCUT2D eigenvalue weighted by Gasteiger charge is 2.34. The second kappa shape index (κ2) is 6.99. The predicted molar refractivity (Wildman–Crippen MR) is 99.0 cm³/mol. The Morgan fingerprint density at radius 3 is 2.37 bits per heavy atom. The summed E-state index contributed by atoms with van der Waals surface area (Å²) in [6.07, 6.45) is 3.15. The first-order valence-corrected chi connectivity index (χ1v) is 9.55. The van der Waals surface area contributed by atoms with Gasteiger partial charge in [0.15, 0.2) is 0 Å². The van der Waals surface area contributed by atoms with Crippen LogP contribution >= 0.6 is 11.3 Å². The molecule has 1 aliphatic heterocycles. The molecule has 2 aromatic heterocycles. The molecule has 0 bridgehead atoms. The first kappa shape index (κ1) is 17.5. The van der Waals surface area contributed by atoms with Crippen LogP contribution in [-0.4, -0.2) is 43.1 Å². The Labute approximate surface area is 158 Å². The minimum atomic E-state index is -0.242. The van der Waals surface area contributed by atoms with Crippen LogP contribution in [0.4, 0.5) is 0 Å². The van der Waals surface area contributed by atoms with Crippen molar-refractivity contribution in [1.82, 2.24) is 24.7 Å². The average molecular weight is 383 g/mol. The zero-order chi connectivity index (χ0) is 19.0. The maximum absolute atomic E-state index is 12.3. The Balaban J connectivity index is 1.30. The van der Waals surface area contributed by atoms with Gasteiger partial charge in [-0.05, 0) is 31.9 Å². The number of hydrogen-bond donors (Lipinski definition) is 0. The summed E-state index contributed by atoms with van der Waals surface area (Å²) in [6, 6.07) is 6.91. The number of amides is 2. The molecule has 3 aromatic rings. The van der Waals surface area contributed by atoms with Crippen LogP contribution in [0.1, 0.15) is 50.7 Å². The van der Waals surface area contributed by atoms with Crippen LogP contribution in [0.3, 0.4) is 0 Å². The zero-order valence-electron chi connectivity index (χ0n) is 14.7. The Hall–Kier alpha value is -2.94. The molecule has 3 heterocycles. The molecule has 0 saturated heterocycles. The molecular formula is C18H17N5O3S. The van der Waals surface area contributed by atoms with E-state index in [0.717, 1.165) is 24.3 Å². The van der Waals surface area contributed by atoms with E-state index >= 15 is 0 Å². The van der Waals surface area contributed by atoms with E-state index in [1.165, 1.54) is 20.8 Å². The molecule has 0 aliphatic carbocycles. The second-order valence-electron chi connectivity index (χ2n) is 6.40. The molecule has 138 valence electrons. The quantitative estimate of drug-likeness (QED) is 0.476. The van der Waals surface area contributed by atoms with Gasteiger partial charge in [-0.1, -0.05) is 29.9 Å². The fourth-order valence-corrected chi connectivity index (χ4v) is 3.97. The van der Waals surface area contributed by atoms with E-state index in [2.05, 4.69) is 15.3 Å². The van der Waals surface area contributed by atoms with Gasteiger partial charge in [-0.3, -0.25) is 19.3 Å². The van der Waals surface area contributed by atoms with Crippen LogP contribution in [0.15, 0.2) is 29.1 Å². The van der Waals surface area contributed by atoms with E-state index in [-0.39, 0.29) is 17.4 Å². The highest BCUT2D eigenvalue weighted by atomic mass is 32.1. The Morgan fingerprint density at radius 1 is 0.963 bits per heavy atom. The van der Waals surface area contributed by atoms with E-state index in [9.17, 15) is 14.4 Å². The van der Waals surface area contributed by atoms with E-state index in [1.54, 1.807) is 31.2 Å². The van der Waals surface area contributed by atoms with Crippen LogP contribution in [-0.2, 0) is 6.42 Å². The van der Waals surface area contributed by atoms with Crippen LogP contribution < -0.4 is 5.56 Å². The number of benzene rings is 1. The lowest BCUT2D eigenvalue weighted by atomic mass is 10.1. The van der Waals surface area contributed by atoms with Crippen molar-refractivity contribution in [2.24, 2.45) is 0 Å². The fourth-order valence-electron chi connectivity index (χ4n) is 3.10. The molecule has 8 nitrogen and oxygen atoms in total. The summed E-state index contributed by atoms with van der Waals surface area (Å²) < 4.78 is 1.29. The van der Waals surface area contributed by atoms with E-state index < -0.39 is 0 Å². The average Bonchev–Trinajstić information content (AvgIpc) is 3.20. The summed E-state index contributed by atoms with van der Waals surface area (Å²) in [5.74, 6) is -0.426. The smallest absolute Gasteiger partial charge is 0.274 e. The fraction of sp³-hybridized carbons (Fsp3) is 0.333. The summed E-state index contributed by atoms with van der Waals surface area (Å²) in [5, 5.41) is 12.9. The molecule has 0 unspecified atom stereocenters. The van der Waals surface area contributed by atoms with E-state index in [0.29, 0.717) is 34.7 Å². The topological polar surface area (TPSA) is 97.5 Å².